The van der Waals surface area contributed by atoms with Crippen molar-refractivity contribution in [3.63, 3.8) is 0 Å². The highest BCUT2D eigenvalue weighted by molar-refractivity contribution is 7.89. The lowest BCUT2D eigenvalue weighted by Crippen LogP contribution is -2.47. The number of sulfonamides is 1. The Morgan fingerprint density at radius 1 is 0.947 bits per heavy atom. The van der Waals surface area contributed by atoms with Crippen molar-refractivity contribution in [3.05, 3.63) is 42.2 Å². The summed E-state index contributed by atoms with van der Waals surface area (Å²) < 4.78 is 34.0. The maximum absolute atomic E-state index is 13.5. The SMILES string of the molecule is CN1CCN(S(=O)(=O)c2cccc(N3CCc4c(-c5cnc(N)nc5)nc(N5CCOCC5)nc43)c2)CC1. The monoisotopic (exact) mass is 537 g/mol. The van der Waals surface area contributed by atoms with Crippen molar-refractivity contribution in [3.8, 4) is 11.3 Å². The van der Waals surface area contributed by atoms with Crippen LogP contribution in [0.15, 0.2) is 41.6 Å². The molecule has 0 radical (unpaired) electrons. The fourth-order valence-electron chi connectivity index (χ4n) is 5.09. The van der Waals surface area contributed by atoms with E-state index in [1.165, 1.54) is 0 Å². The molecule has 0 aliphatic carbocycles. The van der Waals surface area contributed by atoms with Gasteiger partial charge in [-0.3, -0.25) is 0 Å². The molecule has 3 aliphatic rings. The first-order valence-electron chi connectivity index (χ1n) is 12.8. The third-order valence-electron chi connectivity index (χ3n) is 7.28. The van der Waals surface area contributed by atoms with E-state index >= 15 is 0 Å². The van der Waals surface area contributed by atoms with Crippen molar-refractivity contribution >= 4 is 33.4 Å². The number of anilines is 4. The number of ether oxygens (including phenoxy) is 1. The summed E-state index contributed by atoms with van der Waals surface area (Å²) in [5.41, 5.74) is 9.02. The minimum absolute atomic E-state index is 0.202. The highest BCUT2D eigenvalue weighted by Crippen LogP contribution is 2.39. The van der Waals surface area contributed by atoms with Gasteiger partial charge in [0.2, 0.25) is 21.9 Å². The van der Waals surface area contributed by atoms with E-state index in [4.69, 9.17) is 20.4 Å². The maximum Gasteiger partial charge on any atom is 0.243 e. The van der Waals surface area contributed by atoms with Gasteiger partial charge in [-0.1, -0.05) is 6.07 Å². The van der Waals surface area contributed by atoms with Crippen LogP contribution in [0.4, 0.5) is 23.4 Å². The molecular weight excluding hydrogens is 506 g/mol. The quantitative estimate of drug-likeness (QED) is 0.499. The van der Waals surface area contributed by atoms with Gasteiger partial charge in [-0.05, 0) is 31.7 Å². The standard InChI is InChI=1S/C25H31N9O3S/c1-31-7-9-33(10-8-31)38(35,36)20-4-2-3-19(15-20)34-6-5-21-22(18-16-27-24(26)28-17-18)29-25(30-23(21)34)32-11-13-37-14-12-32/h2-4,15-17H,5-14H2,1H3,(H2,26,27,28). The predicted octanol–water partition coefficient (Wildman–Crippen LogP) is 0.983. The molecule has 2 N–H and O–H groups in total. The van der Waals surface area contributed by atoms with Crippen molar-refractivity contribution in [2.45, 2.75) is 11.3 Å². The fraction of sp³-hybridized carbons (Fsp3) is 0.440. The molecule has 2 fully saturated rings. The van der Waals surface area contributed by atoms with Crippen molar-refractivity contribution in [2.75, 3.05) is 81.6 Å². The number of fused-ring (bicyclic) bond motifs is 1. The molecule has 12 nitrogen and oxygen atoms in total. The smallest absolute Gasteiger partial charge is 0.243 e. The molecule has 13 heteroatoms. The predicted molar refractivity (Wildman–Crippen MR) is 144 cm³/mol. The average molecular weight is 538 g/mol. The van der Waals surface area contributed by atoms with Crippen LogP contribution in [0.5, 0.6) is 0 Å². The molecular formula is C25H31N9O3S. The molecule has 5 heterocycles. The van der Waals surface area contributed by atoms with Gasteiger partial charge in [-0.2, -0.15) is 9.29 Å². The molecule has 3 aromatic rings. The number of aromatic nitrogens is 4. The van der Waals surface area contributed by atoms with Crippen molar-refractivity contribution in [1.29, 1.82) is 0 Å². The molecule has 200 valence electrons. The van der Waals surface area contributed by atoms with E-state index in [0.29, 0.717) is 63.2 Å². The summed E-state index contributed by atoms with van der Waals surface area (Å²) in [6, 6.07) is 7.16. The highest BCUT2D eigenvalue weighted by atomic mass is 32.2. The molecule has 38 heavy (non-hydrogen) atoms. The Hall–Kier alpha value is -3.39. The van der Waals surface area contributed by atoms with Crippen LogP contribution in [0.25, 0.3) is 11.3 Å². The van der Waals surface area contributed by atoms with Crippen molar-refractivity contribution in [2.24, 2.45) is 0 Å². The van der Waals surface area contributed by atoms with Gasteiger partial charge in [0.25, 0.3) is 0 Å². The Morgan fingerprint density at radius 2 is 1.68 bits per heavy atom. The maximum atomic E-state index is 13.5. The fourth-order valence-corrected chi connectivity index (χ4v) is 6.55. The first-order chi connectivity index (χ1) is 18.4. The number of nitrogens with zero attached hydrogens (tertiary/aromatic N) is 8. The summed E-state index contributed by atoms with van der Waals surface area (Å²) in [6.45, 7) is 5.65. The Kier molecular flexibility index (Phi) is 6.60. The van der Waals surface area contributed by atoms with E-state index in [9.17, 15) is 8.42 Å². The molecule has 2 aromatic heterocycles. The van der Waals surface area contributed by atoms with Crippen LogP contribution in [0, 0.1) is 0 Å². The van der Waals surface area contributed by atoms with Crippen LogP contribution in [0.2, 0.25) is 0 Å². The normalized spacial score (nSPS) is 19.1. The number of rotatable bonds is 5. The van der Waals surface area contributed by atoms with E-state index in [1.807, 2.05) is 13.1 Å². The Bertz CT molecular complexity index is 1420. The van der Waals surface area contributed by atoms with E-state index in [1.54, 1.807) is 34.9 Å². The third-order valence-corrected chi connectivity index (χ3v) is 9.18. The van der Waals surface area contributed by atoms with E-state index < -0.39 is 10.0 Å². The number of hydrogen-bond acceptors (Lipinski definition) is 11. The van der Waals surface area contributed by atoms with Crippen LogP contribution in [0.1, 0.15) is 5.56 Å². The number of nitrogen functional groups attached to an aromatic ring is 1. The zero-order valence-corrected chi connectivity index (χ0v) is 22.1. The lowest BCUT2D eigenvalue weighted by molar-refractivity contribution is 0.122. The molecule has 3 aliphatic heterocycles. The molecule has 2 saturated heterocycles. The van der Waals surface area contributed by atoms with Gasteiger partial charge in [0.1, 0.15) is 5.82 Å². The van der Waals surface area contributed by atoms with Gasteiger partial charge in [-0.15, -0.1) is 0 Å². The Balaban J connectivity index is 1.39. The van der Waals surface area contributed by atoms with Gasteiger partial charge in [0.15, 0.2) is 0 Å². The van der Waals surface area contributed by atoms with Crippen LogP contribution in [-0.4, -0.2) is 104 Å². The minimum atomic E-state index is -3.60. The largest absolute Gasteiger partial charge is 0.378 e. The number of likely N-dealkylation sites (N-methyl/N-ethyl adjacent to an activating group) is 1. The molecule has 0 amide bonds. The van der Waals surface area contributed by atoms with E-state index in [2.05, 4.69) is 24.7 Å². The minimum Gasteiger partial charge on any atom is -0.378 e. The van der Waals surface area contributed by atoms with Gasteiger partial charge >= 0.3 is 0 Å². The third kappa shape index (κ3) is 4.66. The molecule has 0 saturated carbocycles. The highest BCUT2D eigenvalue weighted by Gasteiger charge is 2.31. The zero-order chi connectivity index (χ0) is 26.3. The second-order valence-corrected chi connectivity index (χ2v) is 11.6. The van der Waals surface area contributed by atoms with Crippen LogP contribution in [0.3, 0.4) is 0 Å². The zero-order valence-electron chi connectivity index (χ0n) is 21.3. The van der Waals surface area contributed by atoms with Crippen LogP contribution >= 0.6 is 0 Å². The molecule has 6 rings (SSSR count). The Morgan fingerprint density at radius 3 is 2.42 bits per heavy atom. The number of morpholine rings is 1. The number of nitrogens with two attached hydrogens (primary N) is 1. The second-order valence-electron chi connectivity index (χ2n) is 9.71. The molecule has 0 unspecified atom stereocenters. The number of piperazine rings is 1. The summed E-state index contributed by atoms with van der Waals surface area (Å²) in [5.74, 6) is 1.57. The topological polar surface area (TPSA) is 134 Å². The number of hydrogen-bond donors (Lipinski definition) is 1. The number of benzene rings is 1. The van der Waals surface area contributed by atoms with Crippen molar-refractivity contribution < 1.29 is 13.2 Å². The summed E-state index contributed by atoms with van der Waals surface area (Å²) in [5, 5.41) is 0. The lowest BCUT2D eigenvalue weighted by Gasteiger charge is -2.31. The van der Waals surface area contributed by atoms with Gasteiger partial charge in [-0.25, -0.2) is 23.4 Å². The molecule has 1 aromatic carbocycles. The first-order valence-corrected chi connectivity index (χ1v) is 14.2. The van der Waals surface area contributed by atoms with Crippen LogP contribution in [-0.2, 0) is 21.2 Å². The van der Waals surface area contributed by atoms with Gasteiger partial charge < -0.3 is 25.2 Å². The second kappa shape index (κ2) is 10.1. The molecule has 0 bridgehead atoms. The van der Waals surface area contributed by atoms with E-state index in [0.717, 1.165) is 41.4 Å². The van der Waals surface area contributed by atoms with Crippen molar-refractivity contribution in [1.82, 2.24) is 29.1 Å². The summed E-state index contributed by atoms with van der Waals surface area (Å²) in [7, 11) is -1.59. The summed E-state index contributed by atoms with van der Waals surface area (Å²) >= 11 is 0. The van der Waals surface area contributed by atoms with Crippen LogP contribution < -0.4 is 15.5 Å². The van der Waals surface area contributed by atoms with Gasteiger partial charge in [0.05, 0.1) is 23.8 Å². The summed E-state index contributed by atoms with van der Waals surface area (Å²) in [6.07, 6.45) is 4.06. The summed E-state index contributed by atoms with van der Waals surface area (Å²) in [4.78, 5) is 24.9. The first kappa shape index (κ1) is 24.9. The average Bonchev–Trinajstić information content (AvgIpc) is 3.38. The van der Waals surface area contributed by atoms with Gasteiger partial charge in [0, 0.05) is 75.0 Å². The Labute approximate surface area is 222 Å². The molecule has 0 spiro atoms. The van der Waals surface area contributed by atoms with E-state index in [-0.39, 0.29) is 5.95 Å². The molecule has 0 atom stereocenters. The lowest BCUT2D eigenvalue weighted by atomic mass is 10.1.